The summed E-state index contributed by atoms with van der Waals surface area (Å²) >= 11 is 0. The zero-order chi connectivity index (χ0) is 7.02. The second kappa shape index (κ2) is 2.01. The SMILES string of the molecule is CC1CC(C([O])=O)C1C. The van der Waals surface area contributed by atoms with Gasteiger partial charge in [0, 0.05) is 0 Å². The Hall–Kier alpha value is -0.530. The van der Waals surface area contributed by atoms with Crippen LogP contribution in [0.2, 0.25) is 0 Å². The number of rotatable bonds is 1. The first-order valence-corrected chi connectivity index (χ1v) is 3.33. The molecule has 2 nitrogen and oxygen atoms in total. The van der Waals surface area contributed by atoms with Crippen molar-refractivity contribution in [3.63, 3.8) is 0 Å². The molecular formula is C7H11O2. The van der Waals surface area contributed by atoms with E-state index in [0.29, 0.717) is 11.8 Å². The van der Waals surface area contributed by atoms with Crippen molar-refractivity contribution < 1.29 is 9.90 Å². The molecule has 2 heteroatoms. The molecule has 0 amide bonds. The van der Waals surface area contributed by atoms with Crippen molar-refractivity contribution in [1.82, 2.24) is 0 Å². The van der Waals surface area contributed by atoms with Crippen LogP contribution in [0.4, 0.5) is 0 Å². The van der Waals surface area contributed by atoms with E-state index in [1.54, 1.807) is 0 Å². The number of carbonyl (C=O) groups excluding carboxylic acids is 1. The Bertz CT molecular complexity index is 131. The molecule has 1 fully saturated rings. The first-order chi connectivity index (χ1) is 4.13. The fourth-order valence-electron chi connectivity index (χ4n) is 1.34. The third kappa shape index (κ3) is 0.934. The van der Waals surface area contributed by atoms with E-state index in [9.17, 15) is 9.90 Å². The monoisotopic (exact) mass is 127 g/mol. The van der Waals surface area contributed by atoms with Crippen molar-refractivity contribution in [2.45, 2.75) is 20.3 Å². The van der Waals surface area contributed by atoms with Crippen molar-refractivity contribution in [3.05, 3.63) is 0 Å². The molecule has 3 atom stereocenters. The molecule has 0 heterocycles. The lowest BCUT2D eigenvalue weighted by atomic mass is 9.67. The van der Waals surface area contributed by atoms with Crippen LogP contribution in [0.5, 0.6) is 0 Å². The first kappa shape index (κ1) is 6.59. The molecule has 0 aromatic carbocycles. The van der Waals surface area contributed by atoms with E-state index < -0.39 is 5.97 Å². The van der Waals surface area contributed by atoms with Gasteiger partial charge in [-0.1, -0.05) is 13.8 Å². The Morgan fingerprint density at radius 3 is 2.11 bits per heavy atom. The highest BCUT2D eigenvalue weighted by molar-refractivity contribution is 5.71. The topological polar surface area (TPSA) is 37.0 Å². The number of hydrogen-bond acceptors (Lipinski definition) is 1. The molecule has 9 heavy (non-hydrogen) atoms. The summed E-state index contributed by atoms with van der Waals surface area (Å²) in [6.07, 6.45) is 0.809. The maximum atomic E-state index is 10.2. The molecule has 0 saturated heterocycles. The fraction of sp³-hybridized carbons (Fsp3) is 0.857. The molecular weight excluding hydrogens is 116 g/mol. The van der Waals surface area contributed by atoms with E-state index >= 15 is 0 Å². The Morgan fingerprint density at radius 1 is 1.44 bits per heavy atom. The summed E-state index contributed by atoms with van der Waals surface area (Å²) in [6.45, 7) is 4.04. The van der Waals surface area contributed by atoms with Crippen LogP contribution in [-0.4, -0.2) is 5.97 Å². The van der Waals surface area contributed by atoms with Crippen molar-refractivity contribution in [1.29, 1.82) is 0 Å². The lowest BCUT2D eigenvalue weighted by molar-refractivity contribution is -0.156. The second-order valence-corrected chi connectivity index (χ2v) is 3.00. The Morgan fingerprint density at radius 2 is 2.00 bits per heavy atom. The van der Waals surface area contributed by atoms with Gasteiger partial charge in [0.15, 0.2) is 0 Å². The second-order valence-electron chi connectivity index (χ2n) is 3.00. The van der Waals surface area contributed by atoms with Gasteiger partial charge in [0.25, 0.3) is 0 Å². The molecule has 1 aliphatic rings. The molecule has 0 aromatic rings. The quantitative estimate of drug-likeness (QED) is 0.522. The van der Waals surface area contributed by atoms with Crippen LogP contribution in [-0.2, 0) is 9.90 Å². The van der Waals surface area contributed by atoms with Crippen LogP contribution in [0.3, 0.4) is 0 Å². The van der Waals surface area contributed by atoms with Gasteiger partial charge in [-0.15, -0.1) is 0 Å². The van der Waals surface area contributed by atoms with Gasteiger partial charge in [-0.05, 0) is 18.3 Å². The van der Waals surface area contributed by atoms with Gasteiger partial charge in [0.05, 0.1) is 5.92 Å². The summed E-state index contributed by atoms with van der Waals surface area (Å²) < 4.78 is 0. The zero-order valence-corrected chi connectivity index (χ0v) is 5.76. The van der Waals surface area contributed by atoms with Crippen LogP contribution < -0.4 is 0 Å². The molecule has 0 spiro atoms. The highest BCUT2D eigenvalue weighted by Crippen LogP contribution is 2.39. The zero-order valence-electron chi connectivity index (χ0n) is 5.76. The molecule has 1 saturated carbocycles. The molecule has 0 bridgehead atoms. The molecule has 3 unspecified atom stereocenters. The summed E-state index contributed by atoms with van der Waals surface area (Å²) in [4.78, 5) is 10.2. The summed E-state index contributed by atoms with van der Waals surface area (Å²) in [5, 5.41) is 10.2. The van der Waals surface area contributed by atoms with Crippen LogP contribution in [0, 0.1) is 17.8 Å². The maximum Gasteiger partial charge on any atom is 0.358 e. The predicted octanol–water partition coefficient (Wildman–Crippen LogP) is 1.24. The minimum Gasteiger partial charge on any atom is -0.247 e. The van der Waals surface area contributed by atoms with Gasteiger partial charge in [0.2, 0.25) is 0 Å². The Balaban J connectivity index is 2.42. The highest BCUT2D eigenvalue weighted by atomic mass is 16.4. The third-order valence-electron chi connectivity index (χ3n) is 2.46. The van der Waals surface area contributed by atoms with Crippen LogP contribution in [0.25, 0.3) is 0 Å². The maximum absolute atomic E-state index is 10.2. The Labute approximate surface area is 54.9 Å². The molecule has 1 radical (unpaired) electrons. The van der Waals surface area contributed by atoms with E-state index in [1.807, 2.05) is 6.92 Å². The highest BCUT2D eigenvalue weighted by Gasteiger charge is 2.40. The summed E-state index contributed by atoms with van der Waals surface area (Å²) in [5.41, 5.74) is 0. The standard InChI is InChI=1S/C7H11O2/c1-4-3-6(5(4)2)7(8)9/h4-6H,3H2,1-2H3. The Kier molecular flexibility index (Phi) is 1.47. The summed E-state index contributed by atoms with van der Waals surface area (Å²) in [6, 6.07) is 0. The van der Waals surface area contributed by atoms with E-state index in [-0.39, 0.29) is 5.92 Å². The van der Waals surface area contributed by atoms with Gasteiger partial charge in [-0.25, -0.2) is 9.90 Å². The third-order valence-corrected chi connectivity index (χ3v) is 2.46. The minimum atomic E-state index is -0.874. The van der Waals surface area contributed by atoms with Crippen molar-refractivity contribution in [2.24, 2.45) is 17.8 Å². The van der Waals surface area contributed by atoms with Crippen LogP contribution in [0.15, 0.2) is 0 Å². The molecule has 51 valence electrons. The molecule has 1 rings (SSSR count). The average Bonchev–Trinajstić information content (AvgIpc) is 1.81. The minimum absolute atomic E-state index is 0.167. The first-order valence-electron chi connectivity index (χ1n) is 3.33. The molecule has 0 aromatic heterocycles. The fourth-order valence-corrected chi connectivity index (χ4v) is 1.34. The van der Waals surface area contributed by atoms with Crippen LogP contribution in [0.1, 0.15) is 20.3 Å². The van der Waals surface area contributed by atoms with Gasteiger partial charge in [-0.3, -0.25) is 0 Å². The van der Waals surface area contributed by atoms with Gasteiger partial charge >= 0.3 is 5.97 Å². The van der Waals surface area contributed by atoms with Crippen molar-refractivity contribution in [3.8, 4) is 0 Å². The predicted molar refractivity (Wildman–Crippen MR) is 32.1 cm³/mol. The van der Waals surface area contributed by atoms with Gasteiger partial charge in [0.1, 0.15) is 0 Å². The van der Waals surface area contributed by atoms with E-state index in [1.165, 1.54) is 0 Å². The molecule has 1 aliphatic carbocycles. The van der Waals surface area contributed by atoms with E-state index in [0.717, 1.165) is 6.42 Å². The lowest BCUT2D eigenvalue weighted by Gasteiger charge is -2.36. The molecule has 0 N–H and O–H groups in total. The average molecular weight is 127 g/mol. The normalized spacial score (nSPS) is 41.8. The van der Waals surface area contributed by atoms with Crippen molar-refractivity contribution >= 4 is 5.97 Å². The van der Waals surface area contributed by atoms with Gasteiger partial charge < -0.3 is 0 Å². The molecule has 0 aliphatic heterocycles. The van der Waals surface area contributed by atoms with E-state index in [4.69, 9.17) is 0 Å². The lowest BCUT2D eigenvalue weighted by Crippen LogP contribution is -2.37. The summed E-state index contributed by atoms with van der Waals surface area (Å²) in [7, 11) is 0. The van der Waals surface area contributed by atoms with E-state index in [2.05, 4.69) is 6.92 Å². The summed E-state index contributed by atoms with van der Waals surface area (Å²) in [5.74, 6) is -0.136. The number of hydrogen-bond donors (Lipinski definition) is 0. The van der Waals surface area contributed by atoms with Gasteiger partial charge in [-0.2, -0.15) is 0 Å². The van der Waals surface area contributed by atoms with Crippen LogP contribution >= 0.6 is 0 Å². The largest absolute Gasteiger partial charge is 0.358 e. The smallest absolute Gasteiger partial charge is 0.247 e. The van der Waals surface area contributed by atoms with Crippen molar-refractivity contribution in [2.75, 3.05) is 0 Å². The number of carbonyl (C=O) groups is 1.